The molecule has 2 aromatic carbocycles. The third kappa shape index (κ3) is 2.53. The minimum Gasteiger partial charge on any atom is -0.323 e. The molecule has 5 nitrogen and oxygen atoms in total. The second-order valence-corrected chi connectivity index (χ2v) is 6.08. The summed E-state index contributed by atoms with van der Waals surface area (Å²) in [4.78, 5) is 0. The lowest BCUT2D eigenvalue weighted by Gasteiger charge is -2.24. The molecule has 0 radical (unpaired) electrons. The fourth-order valence-corrected chi connectivity index (χ4v) is 3.05. The Hall–Kier alpha value is -2.44. The van der Waals surface area contributed by atoms with E-state index in [4.69, 9.17) is 23.2 Å². The molecule has 1 aromatic heterocycles. The molecule has 0 saturated heterocycles. The van der Waals surface area contributed by atoms with Crippen LogP contribution >= 0.6 is 23.2 Å². The van der Waals surface area contributed by atoms with Gasteiger partial charge in [0.1, 0.15) is 11.9 Å². The summed E-state index contributed by atoms with van der Waals surface area (Å²) in [6, 6.07) is 11.3. The van der Waals surface area contributed by atoms with Crippen LogP contribution in [0.3, 0.4) is 0 Å². The molecule has 2 heterocycles. The highest BCUT2D eigenvalue weighted by atomic mass is 35.5. The average molecular weight is 362 g/mol. The van der Waals surface area contributed by atoms with E-state index < -0.39 is 11.9 Å². The Morgan fingerprint density at radius 1 is 1.08 bits per heavy atom. The Labute approximate surface area is 146 Å². The van der Waals surface area contributed by atoms with E-state index in [2.05, 4.69) is 20.8 Å². The molecular formula is C16H10Cl2FN5. The maximum Gasteiger partial charge on any atom is 0.248 e. The molecule has 1 aliphatic heterocycles. The monoisotopic (exact) mass is 361 g/mol. The second kappa shape index (κ2) is 5.89. The minimum absolute atomic E-state index is 0.315. The largest absolute Gasteiger partial charge is 0.323 e. The molecule has 4 rings (SSSR count). The third-order valence-electron chi connectivity index (χ3n) is 3.78. The number of rotatable bonds is 2. The van der Waals surface area contributed by atoms with Crippen LogP contribution in [0.4, 0.5) is 10.3 Å². The first-order valence-electron chi connectivity index (χ1n) is 7.10. The van der Waals surface area contributed by atoms with Gasteiger partial charge in [-0.1, -0.05) is 46.5 Å². The smallest absolute Gasteiger partial charge is 0.248 e. The van der Waals surface area contributed by atoms with Gasteiger partial charge in [-0.3, -0.25) is 0 Å². The number of anilines is 1. The first-order chi connectivity index (χ1) is 11.6. The summed E-state index contributed by atoms with van der Waals surface area (Å²) in [5.41, 5.74) is 1.95. The summed E-state index contributed by atoms with van der Waals surface area (Å²) in [6.07, 6.45) is 1.83. The molecule has 1 aliphatic rings. The summed E-state index contributed by atoms with van der Waals surface area (Å²) in [5.74, 6) is -0.00525. The molecule has 0 unspecified atom stereocenters. The van der Waals surface area contributed by atoms with Crippen molar-refractivity contribution < 1.29 is 4.39 Å². The molecule has 1 atom stereocenters. The zero-order valence-electron chi connectivity index (χ0n) is 12.1. The van der Waals surface area contributed by atoms with E-state index in [9.17, 15) is 4.39 Å². The van der Waals surface area contributed by atoms with Crippen LogP contribution < -0.4 is 5.32 Å². The Bertz CT molecular complexity index is 916. The second-order valence-electron chi connectivity index (χ2n) is 5.24. The minimum atomic E-state index is -0.560. The molecule has 0 spiro atoms. The molecule has 120 valence electrons. The Morgan fingerprint density at radius 2 is 1.88 bits per heavy atom. The van der Waals surface area contributed by atoms with Crippen LogP contribution in [0.2, 0.25) is 10.0 Å². The van der Waals surface area contributed by atoms with Gasteiger partial charge in [0.2, 0.25) is 5.95 Å². The maximum atomic E-state index is 14.4. The predicted octanol–water partition coefficient (Wildman–Crippen LogP) is 4.18. The topological polar surface area (TPSA) is 55.6 Å². The van der Waals surface area contributed by atoms with E-state index in [1.54, 1.807) is 24.3 Å². The van der Waals surface area contributed by atoms with Crippen molar-refractivity contribution in [1.82, 2.24) is 20.2 Å². The van der Waals surface area contributed by atoms with Gasteiger partial charge in [-0.2, -0.15) is 4.68 Å². The number of hydrogen-bond acceptors (Lipinski definition) is 4. The number of aromatic nitrogens is 4. The van der Waals surface area contributed by atoms with Crippen LogP contribution in [0.1, 0.15) is 17.2 Å². The molecule has 3 aromatic rings. The molecule has 0 aliphatic carbocycles. The van der Waals surface area contributed by atoms with E-state index in [1.165, 1.54) is 10.7 Å². The number of nitrogens with zero attached hydrogens (tertiary/aromatic N) is 4. The third-order valence-corrected chi connectivity index (χ3v) is 4.36. The highest BCUT2D eigenvalue weighted by Gasteiger charge is 2.28. The molecule has 0 saturated carbocycles. The van der Waals surface area contributed by atoms with Gasteiger partial charge in [-0.05, 0) is 46.3 Å². The van der Waals surface area contributed by atoms with Gasteiger partial charge < -0.3 is 5.32 Å². The van der Waals surface area contributed by atoms with Crippen molar-refractivity contribution in [1.29, 1.82) is 0 Å². The molecule has 24 heavy (non-hydrogen) atoms. The van der Waals surface area contributed by atoms with E-state index >= 15 is 0 Å². The molecule has 0 bridgehead atoms. The number of benzene rings is 2. The average Bonchev–Trinajstić information content (AvgIpc) is 3.04. The zero-order chi connectivity index (χ0) is 16.7. The van der Waals surface area contributed by atoms with E-state index in [0.29, 0.717) is 21.6 Å². The van der Waals surface area contributed by atoms with Gasteiger partial charge in [-0.15, -0.1) is 0 Å². The van der Waals surface area contributed by atoms with Crippen LogP contribution in [0.5, 0.6) is 0 Å². The quantitative estimate of drug-likeness (QED) is 0.743. The lowest BCUT2D eigenvalue weighted by atomic mass is 10.0. The number of nitrogens with one attached hydrogen (secondary N) is 1. The fraction of sp³-hybridized carbons (Fsp3) is 0.0625. The summed E-state index contributed by atoms with van der Waals surface area (Å²) >= 11 is 12.2. The molecule has 0 fully saturated rings. The zero-order valence-corrected chi connectivity index (χ0v) is 13.6. The molecule has 8 heteroatoms. The van der Waals surface area contributed by atoms with Crippen molar-refractivity contribution in [2.75, 3.05) is 5.32 Å². The van der Waals surface area contributed by atoms with Crippen LogP contribution in [-0.4, -0.2) is 20.2 Å². The number of fused-ring (bicyclic) bond motifs is 1. The first kappa shape index (κ1) is 15.1. The van der Waals surface area contributed by atoms with E-state index in [0.717, 1.165) is 11.3 Å². The lowest BCUT2D eigenvalue weighted by Crippen LogP contribution is -2.21. The van der Waals surface area contributed by atoms with Crippen LogP contribution in [0.15, 0.2) is 48.5 Å². The van der Waals surface area contributed by atoms with Crippen molar-refractivity contribution >= 4 is 34.8 Å². The number of allylic oxidation sites excluding steroid dienone is 1. The van der Waals surface area contributed by atoms with Gasteiger partial charge in [0.15, 0.2) is 0 Å². The van der Waals surface area contributed by atoms with Crippen LogP contribution in [0, 0.1) is 5.82 Å². The maximum absolute atomic E-state index is 14.4. The van der Waals surface area contributed by atoms with Crippen molar-refractivity contribution in [2.45, 2.75) is 6.04 Å². The van der Waals surface area contributed by atoms with Gasteiger partial charge >= 0.3 is 0 Å². The lowest BCUT2D eigenvalue weighted by molar-refractivity contribution is 0.540. The van der Waals surface area contributed by atoms with Gasteiger partial charge in [0.05, 0.1) is 0 Å². The summed E-state index contributed by atoms with van der Waals surface area (Å²) in [7, 11) is 0. The number of halogens is 3. The Kier molecular flexibility index (Phi) is 3.70. The van der Waals surface area contributed by atoms with Gasteiger partial charge in [0, 0.05) is 21.3 Å². The summed E-state index contributed by atoms with van der Waals surface area (Å²) in [5, 5.41) is 15.6. The summed E-state index contributed by atoms with van der Waals surface area (Å²) < 4.78 is 15.9. The SMILES string of the molecule is Fc1cccc(Cl)c1[C@@H]1C=C(c2ccc(Cl)cc2)Nc2nnnn21. The highest BCUT2D eigenvalue weighted by molar-refractivity contribution is 6.31. The van der Waals surface area contributed by atoms with Crippen molar-refractivity contribution in [2.24, 2.45) is 0 Å². The van der Waals surface area contributed by atoms with Crippen LogP contribution in [0.25, 0.3) is 5.70 Å². The Balaban J connectivity index is 1.87. The standard InChI is InChI=1S/C16H10Cl2FN5/c17-10-6-4-9(5-7-10)13-8-14(24-16(20-13)21-22-23-24)15-11(18)2-1-3-12(15)19/h1-8,14H,(H,20,21,23)/t14-/m0/s1. The molecule has 0 amide bonds. The predicted molar refractivity (Wildman–Crippen MR) is 90.4 cm³/mol. The van der Waals surface area contributed by atoms with E-state index in [1.807, 2.05) is 18.2 Å². The van der Waals surface area contributed by atoms with Crippen molar-refractivity contribution in [3.63, 3.8) is 0 Å². The number of tetrazole rings is 1. The van der Waals surface area contributed by atoms with Gasteiger partial charge in [0.25, 0.3) is 0 Å². The summed E-state index contributed by atoms with van der Waals surface area (Å²) in [6.45, 7) is 0. The highest BCUT2D eigenvalue weighted by Crippen LogP contribution is 2.36. The first-order valence-corrected chi connectivity index (χ1v) is 7.85. The fourth-order valence-electron chi connectivity index (χ4n) is 2.65. The van der Waals surface area contributed by atoms with E-state index in [-0.39, 0.29) is 0 Å². The van der Waals surface area contributed by atoms with Crippen molar-refractivity contribution in [3.8, 4) is 0 Å². The van der Waals surface area contributed by atoms with Crippen LogP contribution in [-0.2, 0) is 0 Å². The molecular weight excluding hydrogens is 352 g/mol. The normalized spacial score (nSPS) is 16.3. The van der Waals surface area contributed by atoms with Crippen molar-refractivity contribution in [3.05, 3.63) is 75.5 Å². The Morgan fingerprint density at radius 3 is 2.62 bits per heavy atom. The number of hydrogen-bond donors (Lipinski definition) is 1. The molecule has 1 N–H and O–H groups in total. The van der Waals surface area contributed by atoms with Gasteiger partial charge in [-0.25, -0.2) is 4.39 Å².